The van der Waals surface area contributed by atoms with Crippen molar-refractivity contribution in [1.29, 1.82) is 0 Å². The van der Waals surface area contributed by atoms with Crippen molar-refractivity contribution in [2.45, 2.75) is 39.1 Å². The van der Waals surface area contributed by atoms with Gasteiger partial charge in [-0.2, -0.15) is 0 Å². The van der Waals surface area contributed by atoms with Crippen molar-refractivity contribution in [3.63, 3.8) is 0 Å². The number of aliphatic hydroxyl groups is 2. The fourth-order valence-corrected chi connectivity index (χ4v) is 1.29. The Balaban J connectivity index is 0. The van der Waals surface area contributed by atoms with Crippen molar-refractivity contribution in [3.05, 3.63) is 0 Å². The molecular weight excluding hydrogens is 332 g/mol. The molecule has 2 N–H and O–H groups in total. The fourth-order valence-electron chi connectivity index (χ4n) is 1.29. The molecule has 0 bridgehead atoms. The molecule has 0 saturated carbocycles. The van der Waals surface area contributed by atoms with Crippen molar-refractivity contribution >= 4 is 0 Å². The van der Waals surface area contributed by atoms with E-state index in [1.807, 2.05) is 6.92 Å². The van der Waals surface area contributed by atoms with Gasteiger partial charge in [0, 0.05) is 27.4 Å². The Kier molecular flexibility index (Phi) is 25.5. The van der Waals surface area contributed by atoms with Crippen molar-refractivity contribution in [2.24, 2.45) is 0 Å². The van der Waals surface area contributed by atoms with Gasteiger partial charge >= 0.3 is 0 Å². The summed E-state index contributed by atoms with van der Waals surface area (Å²) in [6, 6.07) is 0. The predicted octanol–water partition coefficient (Wildman–Crippen LogP) is 0.831. The van der Waals surface area contributed by atoms with E-state index in [-0.39, 0.29) is 25.6 Å². The monoisotopic (exact) mass is 370 g/mol. The maximum Gasteiger partial charge on any atom is 0.181 e. The first-order valence-corrected chi connectivity index (χ1v) is 8.82. The third-order valence-corrected chi connectivity index (χ3v) is 2.60. The highest BCUT2D eigenvalue weighted by Gasteiger charge is 2.21. The summed E-state index contributed by atoms with van der Waals surface area (Å²) < 4.78 is 29.6. The topological polar surface area (TPSA) is 99.1 Å². The van der Waals surface area contributed by atoms with Gasteiger partial charge in [0.25, 0.3) is 0 Å². The van der Waals surface area contributed by atoms with Crippen molar-refractivity contribution in [2.75, 3.05) is 73.7 Å². The molecule has 25 heavy (non-hydrogen) atoms. The van der Waals surface area contributed by atoms with Crippen LogP contribution in [0.2, 0.25) is 0 Å². The lowest BCUT2D eigenvalue weighted by molar-refractivity contribution is -0.0546. The quantitative estimate of drug-likeness (QED) is 0.343. The molecule has 0 aromatic heterocycles. The van der Waals surface area contributed by atoms with Crippen LogP contribution in [0.1, 0.15) is 26.7 Å². The van der Waals surface area contributed by atoms with Gasteiger partial charge in [-0.25, -0.2) is 0 Å². The Bertz CT molecular complexity index is 215. The highest BCUT2D eigenvalue weighted by atomic mass is 16.8. The number of epoxide rings is 1. The molecule has 1 aliphatic heterocycles. The van der Waals surface area contributed by atoms with Gasteiger partial charge in [0.2, 0.25) is 0 Å². The van der Waals surface area contributed by atoms with E-state index in [0.29, 0.717) is 33.0 Å². The molecule has 1 heterocycles. The number of methoxy groups -OCH3 is 2. The third kappa shape index (κ3) is 26.0. The third-order valence-electron chi connectivity index (χ3n) is 2.60. The smallest absolute Gasteiger partial charge is 0.181 e. The first-order chi connectivity index (χ1) is 12.2. The molecule has 1 saturated heterocycles. The Labute approximate surface area is 152 Å². The summed E-state index contributed by atoms with van der Waals surface area (Å²) in [5.74, 6) is 0. The number of hydrogen-bond donors (Lipinski definition) is 2. The first-order valence-electron chi connectivity index (χ1n) is 8.82. The van der Waals surface area contributed by atoms with Crippen LogP contribution in [0.25, 0.3) is 0 Å². The number of rotatable bonds is 14. The molecule has 0 spiro atoms. The summed E-state index contributed by atoms with van der Waals surface area (Å²) in [6.07, 6.45) is 2.00. The Morgan fingerprint density at radius 2 is 1.60 bits per heavy atom. The summed E-state index contributed by atoms with van der Waals surface area (Å²) in [4.78, 5) is 0. The van der Waals surface area contributed by atoms with Crippen LogP contribution in [0.15, 0.2) is 0 Å². The molecule has 0 amide bonds. The van der Waals surface area contributed by atoms with Crippen LogP contribution >= 0.6 is 0 Å². The maximum atomic E-state index is 8.88. The average molecular weight is 370 g/mol. The molecule has 8 nitrogen and oxygen atoms in total. The van der Waals surface area contributed by atoms with E-state index in [1.54, 1.807) is 14.2 Å². The zero-order valence-electron chi connectivity index (χ0n) is 16.3. The molecule has 0 aromatic carbocycles. The minimum Gasteiger partial charge on any atom is -0.394 e. The second-order valence-corrected chi connectivity index (χ2v) is 5.09. The fraction of sp³-hybridized carbons (Fsp3) is 1.00. The Morgan fingerprint density at radius 3 is 2.00 bits per heavy atom. The summed E-state index contributed by atoms with van der Waals surface area (Å²) in [5, 5.41) is 16.8. The van der Waals surface area contributed by atoms with Crippen LogP contribution in [-0.4, -0.2) is 96.3 Å². The van der Waals surface area contributed by atoms with E-state index in [4.69, 9.17) is 33.9 Å². The van der Waals surface area contributed by atoms with Crippen molar-refractivity contribution in [1.82, 2.24) is 0 Å². The lowest BCUT2D eigenvalue weighted by atomic mass is 10.4. The van der Waals surface area contributed by atoms with Gasteiger partial charge in [0.1, 0.15) is 12.7 Å². The van der Waals surface area contributed by atoms with Gasteiger partial charge < -0.3 is 38.6 Å². The normalized spacial score (nSPS) is 16.3. The van der Waals surface area contributed by atoms with Crippen LogP contribution in [0.5, 0.6) is 0 Å². The minimum absolute atomic E-state index is 0.00652. The first kappa shape index (κ1) is 26.9. The van der Waals surface area contributed by atoms with E-state index >= 15 is 0 Å². The lowest BCUT2D eigenvalue weighted by Crippen LogP contribution is -2.25. The standard InChI is InChI=1S/C9H20O4.C5H10O2.C3H8O2/c1-3-4-12-8-9(7-10)13-6-5-11-2;1-2-3-6-5-4-7-5;1-5-3-2-4/h9-10H,3-8H2,1-2H3;5H,2-4H2,1H3;4H,2-3H2,1H3. The molecule has 2 unspecified atom stereocenters. The van der Waals surface area contributed by atoms with Crippen LogP contribution in [0.3, 0.4) is 0 Å². The lowest BCUT2D eigenvalue weighted by Gasteiger charge is -2.14. The molecule has 8 heteroatoms. The highest BCUT2D eigenvalue weighted by Crippen LogP contribution is 2.09. The summed E-state index contributed by atoms with van der Waals surface area (Å²) >= 11 is 0. The second kappa shape index (κ2) is 23.7. The van der Waals surface area contributed by atoms with Crippen molar-refractivity contribution < 1.29 is 38.6 Å². The number of ether oxygens (including phenoxy) is 6. The summed E-state index contributed by atoms with van der Waals surface area (Å²) in [6.45, 7) is 8.54. The van der Waals surface area contributed by atoms with E-state index in [0.717, 1.165) is 26.1 Å². The average Bonchev–Trinajstić information content (AvgIpc) is 3.45. The van der Waals surface area contributed by atoms with Gasteiger partial charge in [-0.15, -0.1) is 0 Å². The Hall–Kier alpha value is -0.320. The largest absolute Gasteiger partial charge is 0.394 e. The molecule has 0 aliphatic carbocycles. The molecule has 1 aliphatic rings. The van der Waals surface area contributed by atoms with Gasteiger partial charge in [0.15, 0.2) is 6.29 Å². The van der Waals surface area contributed by atoms with E-state index in [9.17, 15) is 0 Å². The zero-order valence-corrected chi connectivity index (χ0v) is 16.3. The van der Waals surface area contributed by atoms with E-state index in [2.05, 4.69) is 11.7 Å². The maximum absolute atomic E-state index is 8.88. The van der Waals surface area contributed by atoms with Crippen LogP contribution in [0.4, 0.5) is 0 Å². The predicted molar refractivity (Wildman–Crippen MR) is 94.8 cm³/mol. The zero-order chi connectivity index (χ0) is 19.2. The molecule has 154 valence electrons. The van der Waals surface area contributed by atoms with Crippen LogP contribution in [0, 0.1) is 0 Å². The van der Waals surface area contributed by atoms with E-state index < -0.39 is 0 Å². The van der Waals surface area contributed by atoms with E-state index in [1.165, 1.54) is 0 Å². The van der Waals surface area contributed by atoms with Crippen LogP contribution < -0.4 is 0 Å². The molecule has 1 fully saturated rings. The number of aliphatic hydroxyl groups excluding tert-OH is 2. The summed E-state index contributed by atoms with van der Waals surface area (Å²) in [7, 11) is 3.17. The summed E-state index contributed by atoms with van der Waals surface area (Å²) in [5.41, 5.74) is 0. The SMILES string of the molecule is CCCOC1CO1.CCCOCC(CO)OCCOC.COCCO. The van der Waals surface area contributed by atoms with Gasteiger partial charge in [-0.05, 0) is 12.8 Å². The molecular formula is C17H38O8. The van der Waals surface area contributed by atoms with Crippen molar-refractivity contribution in [3.8, 4) is 0 Å². The molecule has 0 aromatic rings. The Morgan fingerprint density at radius 1 is 0.960 bits per heavy atom. The molecule has 0 radical (unpaired) electrons. The van der Waals surface area contributed by atoms with Gasteiger partial charge in [0.05, 0.1) is 39.6 Å². The molecule has 1 rings (SSSR count). The van der Waals surface area contributed by atoms with Gasteiger partial charge in [-0.1, -0.05) is 13.8 Å². The number of hydrogen-bond acceptors (Lipinski definition) is 8. The van der Waals surface area contributed by atoms with Crippen LogP contribution in [-0.2, 0) is 28.4 Å². The second-order valence-electron chi connectivity index (χ2n) is 5.09. The minimum atomic E-state index is -0.221. The molecule has 2 atom stereocenters. The van der Waals surface area contributed by atoms with Gasteiger partial charge in [-0.3, -0.25) is 0 Å². The highest BCUT2D eigenvalue weighted by molar-refractivity contribution is 4.54.